The lowest BCUT2D eigenvalue weighted by molar-refractivity contribution is -0.120. The third kappa shape index (κ3) is 4.28. The van der Waals surface area contributed by atoms with E-state index in [-0.39, 0.29) is 29.8 Å². The van der Waals surface area contributed by atoms with Crippen LogP contribution >= 0.6 is 0 Å². The van der Waals surface area contributed by atoms with E-state index >= 15 is 0 Å². The molecule has 8 heteroatoms. The quantitative estimate of drug-likeness (QED) is 0.611. The maximum absolute atomic E-state index is 13.1. The molecule has 0 saturated carbocycles. The fraction of sp³-hybridized carbons (Fsp3) is 0.292. The Bertz CT molecular complexity index is 1230. The van der Waals surface area contributed by atoms with Crippen molar-refractivity contribution in [3.63, 3.8) is 0 Å². The second kappa shape index (κ2) is 9.18. The second-order valence-corrected chi connectivity index (χ2v) is 9.65. The first-order valence-corrected chi connectivity index (χ1v) is 11.9. The van der Waals surface area contributed by atoms with Crippen molar-refractivity contribution in [2.24, 2.45) is 5.92 Å². The molecule has 0 radical (unpaired) electrons. The molecule has 4 rings (SSSR count). The van der Waals surface area contributed by atoms with E-state index in [2.05, 4.69) is 5.32 Å². The minimum absolute atomic E-state index is 0.0792. The summed E-state index contributed by atoms with van der Waals surface area (Å²) in [6, 6.07) is 18.2. The molecule has 0 aromatic heterocycles. The smallest absolute Gasteiger partial charge is 0.243 e. The molecule has 0 atom stereocenters. The van der Waals surface area contributed by atoms with Crippen LogP contribution in [0.1, 0.15) is 12.8 Å². The highest BCUT2D eigenvalue weighted by Gasteiger charge is 2.32. The van der Waals surface area contributed by atoms with Crippen LogP contribution in [0, 0.1) is 5.92 Å². The standard InChI is InChI=1S/C24H26N2O5S/c1-30-22-11-10-19(16-23(22)31-2)32(28,29)26-14-12-18(13-15-26)24(27)25-21-9-5-7-17-6-3-4-8-20(17)21/h3-11,16,18H,12-15H2,1-2H3,(H,25,27). The molecule has 1 fully saturated rings. The molecule has 3 aromatic carbocycles. The largest absolute Gasteiger partial charge is 0.493 e. The molecule has 168 valence electrons. The Kier molecular flexibility index (Phi) is 6.34. The van der Waals surface area contributed by atoms with Gasteiger partial charge in [0.25, 0.3) is 0 Å². The van der Waals surface area contributed by atoms with Crippen molar-refractivity contribution < 1.29 is 22.7 Å². The molecule has 0 spiro atoms. The third-order valence-corrected chi connectivity index (χ3v) is 7.76. The summed E-state index contributed by atoms with van der Waals surface area (Å²) in [5.74, 6) is 0.503. The van der Waals surface area contributed by atoms with Gasteiger partial charge in [0.05, 0.1) is 19.1 Å². The molecule has 1 saturated heterocycles. The molecule has 7 nitrogen and oxygen atoms in total. The lowest BCUT2D eigenvalue weighted by Gasteiger charge is -2.30. The summed E-state index contributed by atoms with van der Waals surface area (Å²) in [6.07, 6.45) is 0.923. The number of rotatable bonds is 6. The van der Waals surface area contributed by atoms with E-state index in [0.717, 1.165) is 16.5 Å². The summed E-state index contributed by atoms with van der Waals surface area (Å²) in [5, 5.41) is 5.07. The zero-order valence-corrected chi connectivity index (χ0v) is 18.9. The lowest BCUT2D eigenvalue weighted by atomic mass is 9.97. The van der Waals surface area contributed by atoms with Gasteiger partial charge in [-0.1, -0.05) is 36.4 Å². The van der Waals surface area contributed by atoms with Crippen LogP contribution in [0.3, 0.4) is 0 Å². The van der Waals surface area contributed by atoms with E-state index in [1.807, 2.05) is 42.5 Å². The summed E-state index contributed by atoms with van der Waals surface area (Å²) in [4.78, 5) is 13.0. The van der Waals surface area contributed by atoms with E-state index in [1.54, 1.807) is 6.07 Å². The normalized spacial score (nSPS) is 15.4. The Labute approximate surface area is 188 Å². The Morgan fingerprint density at radius 1 is 0.938 bits per heavy atom. The Balaban J connectivity index is 1.44. The number of carbonyl (C=O) groups excluding carboxylic acids is 1. The number of hydrogen-bond donors (Lipinski definition) is 1. The number of hydrogen-bond acceptors (Lipinski definition) is 5. The van der Waals surface area contributed by atoms with Crippen molar-refractivity contribution in [1.29, 1.82) is 0 Å². The molecule has 1 aliphatic heterocycles. The van der Waals surface area contributed by atoms with Gasteiger partial charge in [0.15, 0.2) is 11.5 Å². The van der Waals surface area contributed by atoms with Crippen LogP contribution in [0.4, 0.5) is 5.69 Å². The van der Waals surface area contributed by atoms with Crippen LogP contribution in [0.25, 0.3) is 10.8 Å². The van der Waals surface area contributed by atoms with Crippen molar-refractivity contribution in [2.75, 3.05) is 32.6 Å². The summed E-state index contributed by atoms with van der Waals surface area (Å²) < 4.78 is 38.0. The number of carbonyl (C=O) groups is 1. The fourth-order valence-corrected chi connectivity index (χ4v) is 5.54. The maximum atomic E-state index is 13.1. The molecular formula is C24H26N2O5S. The minimum atomic E-state index is -3.69. The average Bonchev–Trinajstić information content (AvgIpc) is 2.83. The molecule has 0 unspecified atom stereocenters. The number of sulfonamides is 1. The van der Waals surface area contributed by atoms with Crippen molar-refractivity contribution in [3.8, 4) is 11.5 Å². The third-order valence-electron chi connectivity index (χ3n) is 5.87. The number of nitrogens with zero attached hydrogens (tertiary/aromatic N) is 1. The van der Waals surface area contributed by atoms with Gasteiger partial charge in [0, 0.05) is 36.1 Å². The molecule has 1 heterocycles. The summed E-state index contributed by atoms with van der Waals surface area (Å²) in [6.45, 7) is 0.564. The van der Waals surface area contributed by atoms with Gasteiger partial charge in [-0.25, -0.2) is 8.42 Å². The first kappa shape index (κ1) is 22.1. The topological polar surface area (TPSA) is 84.9 Å². The summed E-state index contributed by atoms with van der Waals surface area (Å²) in [7, 11) is -0.724. The SMILES string of the molecule is COc1ccc(S(=O)(=O)N2CCC(C(=O)Nc3cccc4ccccc34)CC2)cc1OC. The van der Waals surface area contributed by atoms with Gasteiger partial charge in [0.1, 0.15) is 0 Å². The van der Waals surface area contributed by atoms with Crippen LogP contribution < -0.4 is 14.8 Å². The molecule has 1 amide bonds. The van der Waals surface area contributed by atoms with Crippen LogP contribution in [0.2, 0.25) is 0 Å². The molecular weight excluding hydrogens is 428 g/mol. The van der Waals surface area contributed by atoms with Crippen molar-refractivity contribution in [3.05, 3.63) is 60.7 Å². The predicted molar refractivity (Wildman–Crippen MR) is 124 cm³/mol. The maximum Gasteiger partial charge on any atom is 0.243 e. The number of ether oxygens (including phenoxy) is 2. The van der Waals surface area contributed by atoms with Gasteiger partial charge < -0.3 is 14.8 Å². The number of methoxy groups -OCH3 is 2. The van der Waals surface area contributed by atoms with Gasteiger partial charge in [-0.3, -0.25) is 4.79 Å². The Morgan fingerprint density at radius 3 is 2.34 bits per heavy atom. The zero-order valence-electron chi connectivity index (χ0n) is 18.1. The minimum Gasteiger partial charge on any atom is -0.493 e. The van der Waals surface area contributed by atoms with E-state index < -0.39 is 10.0 Å². The van der Waals surface area contributed by atoms with E-state index in [1.165, 1.54) is 30.7 Å². The molecule has 0 bridgehead atoms. The van der Waals surface area contributed by atoms with E-state index in [9.17, 15) is 13.2 Å². The van der Waals surface area contributed by atoms with Gasteiger partial charge in [0.2, 0.25) is 15.9 Å². The Hall–Kier alpha value is -3.10. The van der Waals surface area contributed by atoms with Crippen molar-refractivity contribution >= 4 is 32.4 Å². The molecule has 1 N–H and O–H groups in total. The van der Waals surface area contributed by atoms with Crippen LogP contribution in [0.5, 0.6) is 11.5 Å². The highest BCUT2D eigenvalue weighted by Crippen LogP contribution is 2.32. The molecule has 0 aliphatic carbocycles. The zero-order chi connectivity index (χ0) is 22.7. The number of benzene rings is 3. The van der Waals surface area contributed by atoms with Gasteiger partial charge in [-0.2, -0.15) is 4.31 Å². The van der Waals surface area contributed by atoms with Gasteiger partial charge in [-0.15, -0.1) is 0 Å². The van der Waals surface area contributed by atoms with Gasteiger partial charge >= 0.3 is 0 Å². The monoisotopic (exact) mass is 454 g/mol. The van der Waals surface area contributed by atoms with E-state index in [0.29, 0.717) is 24.3 Å². The number of amides is 1. The average molecular weight is 455 g/mol. The second-order valence-electron chi connectivity index (χ2n) is 7.71. The highest BCUT2D eigenvalue weighted by atomic mass is 32.2. The molecule has 32 heavy (non-hydrogen) atoms. The number of piperidine rings is 1. The fourth-order valence-electron chi connectivity index (χ4n) is 4.05. The molecule has 3 aromatic rings. The van der Waals surface area contributed by atoms with Crippen molar-refractivity contribution in [2.45, 2.75) is 17.7 Å². The van der Waals surface area contributed by atoms with Crippen molar-refractivity contribution in [1.82, 2.24) is 4.31 Å². The number of fused-ring (bicyclic) bond motifs is 1. The lowest BCUT2D eigenvalue weighted by Crippen LogP contribution is -2.41. The summed E-state index contributed by atoms with van der Waals surface area (Å²) >= 11 is 0. The first-order valence-electron chi connectivity index (χ1n) is 10.4. The van der Waals surface area contributed by atoms with Crippen LogP contribution in [-0.2, 0) is 14.8 Å². The number of anilines is 1. The number of nitrogens with one attached hydrogen (secondary N) is 1. The van der Waals surface area contributed by atoms with Crippen LogP contribution in [-0.4, -0.2) is 45.9 Å². The van der Waals surface area contributed by atoms with E-state index in [4.69, 9.17) is 9.47 Å². The summed E-state index contributed by atoms with van der Waals surface area (Å²) in [5.41, 5.74) is 0.772. The van der Waals surface area contributed by atoms with Gasteiger partial charge in [-0.05, 0) is 36.4 Å². The first-order chi connectivity index (χ1) is 15.4. The van der Waals surface area contributed by atoms with Crippen LogP contribution in [0.15, 0.2) is 65.6 Å². The molecule has 1 aliphatic rings. The highest BCUT2D eigenvalue weighted by molar-refractivity contribution is 7.89. The predicted octanol–water partition coefficient (Wildman–Crippen LogP) is 3.90. The Morgan fingerprint density at radius 2 is 1.62 bits per heavy atom.